The Bertz CT molecular complexity index is 529. The lowest BCUT2D eigenvalue weighted by molar-refractivity contribution is 0.335. The summed E-state index contributed by atoms with van der Waals surface area (Å²) in [5, 5.41) is 3.20. The molecule has 0 radical (unpaired) electrons. The van der Waals surface area contributed by atoms with E-state index in [1.54, 1.807) is 25.2 Å². The van der Waals surface area contributed by atoms with Crippen LogP contribution < -0.4 is 10.1 Å². The Balaban J connectivity index is 3.17. The lowest BCUT2D eigenvalue weighted by atomic mass is 10.2. The molecule has 0 amide bonds. The third-order valence-corrected chi connectivity index (χ3v) is 4.98. The molecule has 0 heterocycles. The first-order chi connectivity index (χ1) is 9.47. The van der Waals surface area contributed by atoms with Gasteiger partial charge in [0.15, 0.2) is 0 Å². The lowest BCUT2D eigenvalue weighted by Gasteiger charge is -2.17. The van der Waals surface area contributed by atoms with E-state index in [0.717, 1.165) is 17.9 Å². The van der Waals surface area contributed by atoms with E-state index in [0.29, 0.717) is 24.6 Å². The molecule has 5 nitrogen and oxygen atoms in total. The number of hydrogen-bond acceptors (Lipinski definition) is 4. The van der Waals surface area contributed by atoms with E-state index in [-0.39, 0.29) is 0 Å². The van der Waals surface area contributed by atoms with Crippen molar-refractivity contribution in [3.8, 4) is 5.75 Å². The van der Waals surface area contributed by atoms with Gasteiger partial charge >= 0.3 is 0 Å². The second-order valence-electron chi connectivity index (χ2n) is 4.40. The second kappa shape index (κ2) is 7.61. The van der Waals surface area contributed by atoms with Crippen molar-refractivity contribution in [1.29, 1.82) is 0 Å². The maximum absolute atomic E-state index is 12.3. The van der Waals surface area contributed by atoms with Crippen LogP contribution in [0.4, 0.5) is 0 Å². The fourth-order valence-corrected chi connectivity index (χ4v) is 2.99. The van der Waals surface area contributed by atoms with Gasteiger partial charge in [0.05, 0.1) is 11.5 Å². The molecule has 0 unspecified atom stereocenters. The molecule has 1 aromatic rings. The van der Waals surface area contributed by atoms with Gasteiger partial charge in [-0.25, -0.2) is 12.7 Å². The van der Waals surface area contributed by atoms with Gasteiger partial charge in [0.1, 0.15) is 5.75 Å². The molecular weight excluding hydrogens is 276 g/mol. The van der Waals surface area contributed by atoms with Gasteiger partial charge in [0, 0.05) is 25.7 Å². The topological polar surface area (TPSA) is 58.6 Å². The maximum Gasteiger partial charge on any atom is 0.242 e. The van der Waals surface area contributed by atoms with E-state index in [9.17, 15) is 8.42 Å². The number of rotatable bonds is 8. The zero-order valence-corrected chi connectivity index (χ0v) is 13.5. The third-order valence-electron chi connectivity index (χ3n) is 3.05. The standard InChI is InChI=1S/C14H24N2O3S/c1-5-15-11-12-10-13(8-9-14(12)19-7-3)20(17,18)16(4)6-2/h8-10,15H,5-7,11H2,1-4H3. The van der Waals surface area contributed by atoms with Gasteiger partial charge in [0.25, 0.3) is 0 Å². The fraction of sp³-hybridized carbons (Fsp3) is 0.571. The molecule has 114 valence electrons. The van der Waals surface area contributed by atoms with Crippen LogP contribution in [0.3, 0.4) is 0 Å². The summed E-state index contributed by atoms with van der Waals surface area (Å²) >= 11 is 0. The number of nitrogens with zero attached hydrogens (tertiary/aromatic N) is 1. The van der Waals surface area contributed by atoms with Crippen molar-refractivity contribution >= 4 is 10.0 Å². The average molecular weight is 300 g/mol. The van der Waals surface area contributed by atoms with Crippen LogP contribution in [-0.2, 0) is 16.6 Å². The van der Waals surface area contributed by atoms with E-state index in [1.807, 2.05) is 20.8 Å². The van der Waals surface area contributed by atoms with Crippen molar-refractivity contribution < 1.29 is 13.2 Å². The van der Waals surface area contributed by atoms with Gasteiger partial charge in [-0.3, -0.25) is 0 Å². The number of benzene rings is 1. The fourth-order valence-electron chi connectivity index (χ4n) is 1.76. The first-order valence-electron chi connectivity index (χ1n) is 6.90. The minimum Gasteiger partial charge on any atom is -0.494 e. The van der Waals surface area contributed by atoms with Crippen LogP contribution in [0.2, 0.25) is 0 Å². The highest BCUT2D eigenvalue weighted by molar-refractivity contribution is 7.89. The first kappa shape index (κ1) is 16.9. The van der Waals surface area contributed by atoms with Crippen LogP contribution in [0.5, 0.6) is 5.75 Å². The highest BCUT2D eigenvalue weighted by atomic mass is 32.2. The SMILES string of the molecule is CCNCc1cc(S(=O)(=O)N(C)CC)ccc1OCC. The van der Waals surface area contributed by atoms with Gasteiger partial charge in [-0.1, -0.05) is 13.8 Å². The van der Waals surface area contributed by atoms with Crippen LogP contribution >= 0.6 is 0 Å². The van der Waals surface area contributed by atoms with E-state index >= 15 is 0 Å². The molecule has 0 saturated carbocycles. The van der Waals surface area contributed by atoms with E-state index < -0.39 is 10.0 Å². The van der Waals surface area contributed by atoms with Gasteiger partial charge in [-0.2, -0.15) is 0 Å². The molecule has 6 heteroatoms. The smallest absolute Gasteiger partial charge is 0.242 e. The monoisotopic (exact) mass is 300 g/mol. The maximum atomic E-state index is 12.3. The zero-order chi connectivity index (χ0) is 15.2. The van der Waals surface area contributed by atoms with Crippen molar-refractivity contribution in [3.05, 3.63) is 23.8 Å². The number of ether oxygens (including phenoxy) is 1. The van der Waals surface area contributed by atoms with Crippen LogP contribution in [0.25, 0.3) is 0 Å². The average Bonchev–Trinajstić information content (AvgIpc) is 2.45. The van der Waals surface area contributed by atoms with Gasteiger partial charge < -0.3 is 10.1 Å². The first-order valence-corrected chi connectivity index (χ1v) is 8.34. The molecule has 0 spiro atoms. The molecule has 0 aliphatic rings. The summed E-state index contributed by atoms with van der Waals surface area (Å²) in [5.74, 6) is 0.728. The van der Waals surface area contributed by atoms with Crippen LogP contribution in [0, 0.1) is 0 Å². The predicted octanol–water partition coefficient (Wildman–Crippen LogP) is 1.84. The van der Waals surface area contributed by atoms with Gasteiger partial charge in [0.2, 0.25) is 10.0 Å². The van der Waals surface area contributed by atoms with Crippen LogP contribution in [-0.4, -0.2) is 39.5 Å². The molecule has 0 fully saturated rings. The van der Waals surface area contributed by atoms with E-state index in [1.165, 1.54) is 4.31 Å². The van der Waals surface area contributed by atoms with E-state index in [2.05, 4.69) is 5.32 Å². The molecule has 0 saturated heterocycles. The lowest BCUT2D eigenvalue weighted by Crippen LogP contribution is -2.26. The molecule has 20 heavy (non-hydrogen) atoms. The largest absolute Gasteiger partial charge is 0.494 e. The minimum atomic E-state index is -3.42. The molecule has 0 aliphatic carbocycles. The zero-order valence-electron chi connectivity index (χ0n) is 12.6. The Kier molecular flexibility index (Phi) is 6.45. The van der Waals surface area contributed by atoms with Crippen molar-refractivity contribution in [3.63, 3.8) is 0 Å². The second-order valence-corrected chi connectivity index (χ2v) is 6.45. The Morgan fingerprint density at radius 1 is 1.25 bits per heavy atom. The molecule has 0 atom stereocenters. The quantitative estimate of drug-likeness (QED) is 0.796. The molecule has 1 aromatic carbocycles. The van der Waals surface area contributed by atoms with Gasteiger partial charge in [-0.05, 0) is 31.7 Å². The highest BCUT2D eigenvalue weighted by Gasteiger charge is 2.20. The van der Waals surface area contributed by atoms with Crippen molar-refractivity contribution in [2.75, 3.05) is 26.7 Å². The predicted molar refractivity (Wildman–Crippen MR) is 80.5 cm³/mol. The van der Waals surface area contributed by atoms with Crippen LogP contribution in [0.15, 0.2) is 23.1 Å². The summed E-state index contributed by atoms with van der Waals surface area (Å²) in [6.45, 7) is 8.13. The third kappa shape index (κ3) is 3.94. The highest BCUT2D eigenvalue weighted by Crippen LogP contribution is 2.24. The number of sulfonamides is 1. The summed E-state index contributed by atoms with van der Waals surface area (Å²) in [5.41, 5.74) is 0.860. The van der Waals surface area contributed by atoms with Gasteiger partial charge in [-0.15, -0.1) is 0 Å². The Labute approximate surface area is 122 Å². The molecule has 0 aromatic heterocycles. The Morgan fingerprint density at radius 3 is 2.50 bits per heavy atom. The van der Waals surface area contributed by atoms with Crippen molar-refractivity contribution in [2.24, 2.45) is 0 Å². The number of nitrogens with one attached hydrogen (secondary N) is 1. The molecule has 0 aliphatic heterocycles. The number of hydrogen-bond donors (Lipinski definition) is 1. The Morgan fingerprint density at radius 2 is 1.95 bits per heavy atom. The summed E-state index contributed by atoms with van der Waals surface area (Å²) in [7, 11) is -1.84. The van der Waals surface area contributed by atoms with E-state index in [4.69, 9.17) is 4.74 Å². The normalized spacial score (nSPS) is 11.8. The summed E-state index contributed by atoms with van der Waals surface area (Å²) < 4.78 is 31.5. The van der Waals surface area contributed by atoms with Crippen molar-refractivity contribution in [1.82, 2.24) is 9.62 Å². The molecular formula is C14H24N2O3S. The molecule has 1 rings (SSSR count). The summed E-state index contributed by atoms with van der Waals surface area (Å²) in [6.07, 6.45) is 0. The van der Waals surface area contributed by atoms with Crippen molar-refractivity contribution in [2.45, 2.75) is 32.2 Å². The molecule has 0 bridgehead atoms. The Hall–Kier alpha value is -1.11. The summed E-state index contributed by atoms with van der Waals surface area (Å²) in [6, 6.07) is 5.02. The minimum absolute atomic E-state index is 0.304. The molecule has 1 N–H and O–H groups in total. The summed E-state index contributed by atoms with van der Waals surface area (Å²) in [4.78, 5) is 0.304. The van der Waals surface area contributed by atoms with Crippen LogP contribution in [0.1, 0.15) is 26.3 Å².